The van der Waals surface area contributed by atoms with Gasteiger partial charge in [-0.15, -0.1) is 23.1 Å². The summed E-state index contributed by atoms with van der Waals surface area (Å²) in [5.41, 5.74) is 3.42. The van der Waals surface area contributed by atoms with Crippen LogP contribution < -0.4 is 5.32 Å². The average Bonchev–Trinajstić information content (AvgIpc) is 3.33. The van der Waals surface area contributed by atoms with Crippen LogP contribution in [0.4, 0.5) is 5.69 Å². The summed E-state index contributed by atoms with van der Waals surface area (Å²) < 4.78 is 0. The minimum absolute atomic E-state index is 0.0616. The molecule has 27 heavy (non-hydrogen) atoms. The maximum atomic E-state index is 12.1. The van der Waals surface area contributed by atoms with Crippen molar-refractivity contribution in [3.8, 4) is 10.6 Å². The van der Waals surface area contributed by atoms with Crippen LogP contribution in [-0.2, 0) is 10.5 Å². The summed E-state index contributed by atoms with van der Waals surface area (Å²) in [5, 5.41) is 10.0. The summed E-state index contributed by atoms with van der Waals surface area (Å²) in [6.45, 7) is 0. The molecule has 0 aliphatic rings. The van der Waals surface area contributed by atoms with Crippen molar-refractivity contribution in [2.24, 2.45) is 0 Å². The lowest BCUT2D eigenvalue weighted by Gasteiger charge is -2.11. The normalized spacial score (nSPS) is 10.6. The van der Waals surface area contributed by atoms with Gasteiger partial charge in [-0.25, -0.2) is 4.98 Å². The van der Waals surface area contributed by atoms with Gasteiger partial charge in [0, 0.05) is 47.4 Å². The van der Waals surface area contributed by atoms with Crippen LogP contribution in [-0.4, -0.2) is 41.5 Å². The third kappa shape index (κ3) is 5.41. The van der Waals surface area contributed by atoms with E-state index in [-0.39, 0.29) is 11.8 Å². The molecular weight excluding hydrogens is 398 g/mol. The molecule has 5 nitrogen and oxygen atoms in total. The third-order valence-corrected chi connectivity index (χ3v) is 6.21. The summed E-state index contributed by atoms with van der Waals surface area (Å²) in [5.74, 6) is 0.919. The summed E-state index contributed by atoms with van der Waals surface area (Å²) in [6, 6.07) is 8.98. The van der Waals surface area contributed by atoms with E-state index in [4.69, 9.17) is 0 Å². The fourth-order valence-electron chi connectivity index (χ4n) is 2.29. The Morgan fingerprint density at radius 1 is 1.15 bits per heavy atom. The van der Waals surface area contributed by atoms with E-state index in [0.717, 1.165) is 16.3 Å². The Labute approximate surface area is 170 Å². The average molecular weight is 418 g/mol. The molecule has 3 rings (SSSR count). The molecule has 8 heteroatoms. The Hall–Kier alpha value is -2.16. The number of benzene rings is 1. The lowest BCUT2D eigenvalue weighted by Crippen LogP contribution is -2.21. The minimum Gasteiger partial charge on any atom is -0.345 e. The van der Waals surface area contributed by atoms with Gasteiger partial charge in [-0.2, -0.15) is 11.3 Å². The fourth-order valence-corrected chi connectivity index (χ4v) is 4.65. The lowest BCUT2D eigenvalue weighted by atomic mass is 10.2. The second kappa shape index (κ2) is 9.16. The van der Waals surface area contributed by atoms with E-state index in [1.165, 1.54) is 16.7 Å². The molecule has 1 aromatic carbocycles. The summed E-state index contributed by atoms with van der Waals surface area (Å²) in [4.78, 5) is 30.1. The molecule has 0 atom stereocenters. The van der Waals surface area contributed by atoms with Crippen molar-refractivity contribution in [2.45, 2.75) is 5.75 Å². The predicted molar refractivity (Wildman–Crippen MR) is 115 cm³/mol. The smallest absolute Gasteiger partial charge is 0.253 e. The zero-order chi connectivity index (χ0) is 19.2. The highest BCUT2D eigenvalue weighted by atomic mass is 32.2. The van der Waals surface area contributed by atoms with E-state index in [0.29, 0.717) is 22.8 Å². The molecule has 0 aliphatic heterocycles. The molecule has 1 N–H and O–H groups in total. The number of thiophene rings is 1. The minimum atomic E-state index is -0.0695. The third-order valence-electron chi connectivity index (χ3n) is 3.62. The van der Waals surface area contributed by atoms with Crippen molar-refractivity contribution in [1.29, 1.82) is 0 Å². The SMILES string of the molecule is CN(C)C(=O)c1ccc(NC(=O)CSCc2csc(-c3ccsc3)n2)cc1. The molecule has 0 bridgehead atoms. The Morgan fingerprint density at radius 2 is 1.93 bits per heavy atom. The second-order valence-corrected chi connectivity index (χ2v) is 8.60. The zero-order valence-corrected chi connectivity index (χ0v) is 17.4. The number of nitrogens with zero attached hydrogens (tertiary/aromatic N) is 2. The van der Waals surface area contributed by atoms with Crippen LogP contribution in [0.3, 0.4) is 0 Å². The van der Waals surface area contributed by atoms with Crippen molar-refractivity contribution >= 4 is 51.9 Å². The van der Waals surface area contributed by atoms with Gasteiger partial charge in [0.1, 0.15) is 5.01 Å². The fraction of sp³-hybridized carbons (Fsp3) is 0.211. The molecule has 140 valence electrons. The number of carbonyl (C=O) groups excluding carboxylic acids is 2. The van der Waals surface area contributed by atoms with E-state index < -0.39 is 0 Å². The van der Waals surface area contributed by atoms with Gasteiger partial charge in [0.15, 0.2) is 0 Å². The first-order valence-corrected chi connectivity index (χ1v) is 11.2. The number of thiazole rings is 1. The van der Waals surface area contributed by atoms with Gasteiger partial charge in [0.05, 0.1) is 11.4 Å². The maximum absolute atomic E-state index is 12.1. The molecule has 0 saturated heterocycles. The number of thioether (sulfide) groups is 1. The molecule has 2 amide bonds. The van der Waals surface area contributed by atoms with Crippen LogP contribution in [0.2, 0.25) is 0 Å². The largest absolute Gasteiger partial charge is 0.345 e. The molecule has 0 spiro atoms. The topological polar surface area (TPSA) is 62.3 Å². The number of carbonyl (C=O) groups is 2. The quantitative estimate of drug-likeness (QED) is 0.617. The highest BCUT2D eigenvalue weighted by Gasteiger charge is 2.09. The van der Waals surface area contributed by atoms with Gasteiger partial charge in [-0.1, -0.05) is 0 Å². The molecule has 0 saturated carbocycles. The molecule has 3 aromatic rings. The standard InChI is InChI=1S/C19H19N3O2S3/c1-22(2)19(24)13-3-5-15(6-4-13)20-17(23)12-26-10-16-11-27-18(21-16)14-7-8-25-9-14/h3-9,11H,10,12H2,1-2H3,(H,20,23). The molecule has 0 aliphatic carbocycles. The Bertz CT molecular complexity index is 903. The van der Waals surface area contributed by atoms with Crippen molar-refractivity contribution in [2.75, 3.05) is 25.2 Å². The van der Waals surface area contributed by atoms with Crippen LogP contribution in [0.1, 0.15) is 16.1 Å². The van der Waals surface area contributed by atoms with Crippen LogP contribution in [0, 0.1) is 0 Å². The first-order valence-electron chi connectivity index (χ1n) is 8.19. The molecule has 2 heterocycles. The first kappa shape index (κ1) is 19.6. The number of hydrogen-bond donors (Lipinski definition) is 1. The molecule has 2 aromatic heterocycles. The summed E-state index contributed by atoms with van der Waals surface area (Å²) in [7, 11) is 3.42. The molecule has 0 radical (unpaired) electrons. The maximum Gasteiger partial charge on any atom is 0.253 e. The van der Waals surface area contributed by atoms with E-state index in [1.807, 2.05) is 10.8 Å². The van der Waals surface area contributed by atoms with Gasteiger partial charge in [0.2, 0.25) is 5.91 Å². The van der Waals surface area contributed by atoms with Gasteiger partial charge < -0.3 is 10.2 Å². The number of amides is 2. The van der Waals surface area contributed by atoms with E-state index in [9.17, 15) is 9.59 Å². The van der Waals surface area contributed by atoms with Gasteiger partial charge in [0.25, 0.3) is 5.91 Å². The monoisotopic (exact) mass is 417 g/mol. The summed E-state index contributed by atoms with van der Waals surface area (Å²) >= 11 is 4.81. The van der Waals surface area contributed by atoms with Crippen molar-refractivity contribution in [1.82, 2.24) is 9.88 Å². The van der Waals surface area contributed by atoms with Crippen molar-refractivity contribution < 1.29 is 9.59 Å². The molecule has 0 fully saturated rings. The Kier molecular flexibility index (Phi) is 6.65. The van der Waals surface area contributed by atoms with E-state index >= 15 is 0 Å². The summed E-state index contributed by atoms with van der Waals surface area (Å²) in [6.07, 6.45) is 0. The van der Waals surface area contributed by atoms with Crippen molar-refractivity contribution in [3.63, 3.8) is 0 Å². The van der Waals surface area contributed by atoms with Crippen LogP contribution >= 0.6 is 34.4 Å². The van der Waals surface area contributed by atoms with E-state index in [2.05, 4.69) is 21.7 Å². The first-order chi connectivity index (χ1) is 13.0. The number of nitrogens with one attached hydrogen (secondary N) is 1. The van der Waals surface area contributed by atoms with Gasteiger partial charge in [-0.05, 0) is 35.7 Å². The van der Waals surface area contributed by atoms with E-state index in [1.54, 1.807) is 61.0 Å². The van der Waals surface area contributed by atoms with Crippen LogP contribution in [0.15, 0.2) is 46.5 Å². The highest BCUT2D eigenvalue weighted by Crippen LogP contribution is 2.27. The molecule has 0 unspecified atom stereocenters. The van der Waals surface area contributed by atoms with Crippen LogP contribution in [0.5, 0.6) is 0 Å². The number of rotatable bonds is 7. The van der Waals surface area contributed by atoms with Gasteiger partial charge in [-0.3, -0.25) is 9.59 Å². The van der Waals surface area contributed by atoms with Crippen molar-refractivity contribution in [3.05, 3.63) is 57.7 Å². The lowest BCUT2D eigenvalue weighted by molar-refractivity contribution is -0.113. The Morgan fingerprint density at radius 3 is 2.59 bits per heavy atom. The number of hydrogen-bond acceptors (Lipinski definition) is 6. The number of aromatic nitrogens is 1. The van der Waals surface area contributed by atoms with Gasteiger partial charge >= 0.3 is 0 Å². The molecular formula is C19H19N3O2S3. The highest BCUT2D eigenvalue weighted by molar-refractivity contribution is 7.99. The second-order valence-electron chi connectivity index (χ2n) is 5.97. The zero-order valence-electron chi connectivity index (χ0n) is 15.0. The Balaban J connectivity index is 1.45. The predicted octanol–water partition coefficient (Wildman–Crippen LogP) is 4.45. The number of anilines is 1. The van der Waals surface area contributed by atoms with Crippen LogP contribution in [0.25, 0.3) is 10.6 Å².